The number of benzene rings is 1. The van der Waals surface area contributed by atoms with E-state index in [-0.39, 0.29) is 23.6 Å². The van der Waals surface area contributed by atoms with Gasteiger partial charge in [0.1, 0.15) is 0 Å². The highest BCUT2D eigenvalue weighted by Crippen LogP contribution is 2.18. The van der Waals surface area contributed by atoms with Crippen LogP contribution < -0.4 is 0 Å². The molecule has 5 nitrogen and oxygen atoms in total. The van der Waals surface area contributed by atoms with Gasteiger partial charge in [0.25, 0.3) is 0 Å². The number of amides is 2. The van der Waals surface area contributed by atoms with Gasteiger partial charge < -0.3 is 9.80 Å². The van der Waals surface area contributed by atoms with Crippen molar-refractivity contribution in [3.8, 4) is 0 Å². The molecule has 6 heteroatoms. The van der Waals surface area contributed by atoms with Crippen molar-refractivity contribution in [1.82, 2.24) is 9.80 Å². The van der Waals surface area contributed by atoms with Crippen LogP contribution in [0.1, 0.15) is 18.9 Å². The number of carbonyl (C=O) groups is 1. The predicted octanol–water partition coefficient (Wildman–Crippen LogP) is 1.75. The molecule has 0 N–H and O–H groups in total. The van der Waals surface area contributed by atoms with E-state index in [0.717, 1.165) is 5.56 Å². The molecule has 0 spiro atoms. The maximum absolute atomic E-state index is 12.5. The maximum Gasteiger partial charge on any atom is 0.320 e. The third-order valence-electron chi connectivity index (χ3n) is 3.93. The number of hydrogen-bond donors (Lipinski definition) is 0. The summed E-state index contributed by atoms with van der Waals surface area (Å²) in [6.45, 7) is 3.07. The van der Waals surface area contributed by atoms with Crippen LogP contribution in [-0.2, 0) is 16.4 Å². The quantitative estimate of drug-likeness (QED) is 0.851. The highest BCUT2D eigenvalue weighted by molar-refractivity contribution is 7.91. The average molecular weight is 310 g/mol. The van der Waals surface area contributed by atoms with Crippen molar-refractivity contribution in [2.75, 3.05) is 25.1 Å². The second-order valence-corrected chi connectivity index (χ2v) is 7.68. The third-order valence-corrected chi connectivity index (χ3v) is 5.68. The summed E-state index contributed by atoms with van der Waals surface area (Å²) in [5.74, 6) is 0.262. The van der Waals surface area contributed by atoms with Crippen molar-refractivity contribution in [3.05, 3.63) is 35.9 Å². The minimum absolute atomic E-state index is 0.0815. The number of nitrogens with zero attached hydrogens (tertiary/aromatic N) is 2. The number of sulfone groups is 1. The van der Waals surface area contributed by atoms with E-state index in [1.54, 1.807) is 16.8 Å². The smallest absolute Gasteiger partial charge is 0.320 e. The van der Waals surface area contributed by atoms with Crippen LogP contribution in [0, 0.1) is 0 Å². The Hall–Kier alpha value is -1.56. The standard InChI is InChI=1S/C15H22N2O3S/c1-3-17(11-13-7-5-4-6-8-13)15(18)16(2)14-9-10-21(19,20)12-14/h4-8,14H,3,9-12H2,1-2H3. The normalized spacial score (nSPS) is 20.2. The monoisotopic (exact) mass is 310 g/mol. The second kappa shape index (κ2) is 6.47. The molecule has 1 heterocycles. The first-order valence-corrected chi connectivity index (χ1v) is 9.01. The van der Waals surface area contributed by atoms with Crippen LogP contribution in [0.25, 0.3) is 0 Å². The summed E-state index contributed by atoms with van der Waals surface area (Å²) in [5.41, 5.74) is 1.07. The average Bonchev–Trinajstić information content (AvgIpc) is 2.84. The molecule has 1 aliphatic rings. The van der Waals surface area contributed by atoms with E-state index in [9.17, 15) is 13.2 Å². The molecule has 0 aromatic heterocycles. The van der Waals surface area contributed by atoms with Crippen LogP contribution in [0.2, 0.25) is 0 Å². The molecule has 1 atom stereocenters. The molecule has 1 unspecified atom stereocenters. The fourth-order valence-corrected chi connectivity index (χ4v) is 4.35. The fourth-order valence-electron chi connectivity index (χ4n) is 2.58. The Bertz CT molecular complexity index is 586. The molecule has 21 heavy (non-hydrogen) atoms. The number of hydrogen-bond acceptors (Lipinski definition) is 3. The topological polar surface area (TPSA) is 57.7 Å². The van der Waals surface area contributed by atoms with Gasteiger partial charge in [-0.3, -0.25) is 0 Å². The number of carbonyl (C=O) groups excluding carboxylic acids is 1. The van der Waals surface area contributed by atoms with E-state index in [2.05, 4.69) is 0 Å². The summed E-state index contributed by atoms with van der Waals surface area (Å²) in [4.78, 5) is 15.9. The van der Waals surface area contributed by atoms with Crippen molar-refractivity contribution in [1.29, 1.82) is 0 Å². The first-order valence-electron chi connectivity index (χ1n) is 7.19. The Balaban J connectivity index is 2.03. The highest BCUT2D eigenvalue weighted by atomic mass is 32.2. The van der Waals surface area contributed by atoms with Crippen LogP contribution in [0.15, 0.2) is 30.3 Å². The first-order chi connectivity index (χ1) is 9.93. The van der Waals surface area contributed by atoms with Crippen LogP contribution >= 0.6 is 0 Å². The summed E-state index contributed by atoms with van der Waals surface area (Å²) in [6.07, 6.45) is 0.535. The van der Waals surface area contributed by atoms with Gasteiger partial charge in [-0.15, -0.1) is 0 Å². The zero-order valence-corrected chi connectivity index (χ0v) is 13.3. The number of rotatable bonds is 4. The molecule has 1 saturated heterocycles. The summed E-state index contributed by atoms with van der Waals surface area (Å²) < 4.78 is 23.1. The predicted molar refractivity (Wildman–Crippen MR) is 82.7 cm³/mol. The van der Waals surface area contributed by atoms with Gasteiger partial charge in [-0.25, -0.2) is 13.2 Å². The molecule has 0 radical (unpaired) electrons. The lowest BCUT2D eigenvalue weighted by atomic mass is 10.2. The SMILES string of the molecule is CCN(Cc1ccccc1)C(=O)N(C)C1CCS(=O)(=O)C1. The van der Waals surface area contributed by atoms with E-state index >= 15 is 0 Å². The van der Waals surface area contributed by atoms with Crippen LogP contribution in [-0.4, -0.2) is 55.4 Å². The lowest BCUT2D eigenvalue weighted by Crippen LogP contribution is -2.46. The Morgan fingerprint density at radius 1 is 1.29 bits per heavy atom. The number of urea groups is 1. The molecule has 1 aromatic rings. The molecule has 0 bridgehead atoms. The molecule has 1 aromatic carbocycles. The Kier molecular flexibility index (Phi) is 4.88. The maximum atomic E-state index is 12.5. The minimum atomic E-state index is -2.98. The Morgan fingerprint density at radius 3 is 2.48 bits per heavy atom. The molecule has 116 valence electrons. The van der Waals surface area contributed by atoms with E-state index in [4.69, 9.17) is 0 Å². The van der Waals surface area contributed by atoms with Gasteiger partial charge in [0.15, 0.2) is 9.84 Å². The molecule has 0 saturated carbocycles. The van der Waals surface area contributed by atoms with Gasteiger partial charge in [-0.2, -0.15) is 0 Å². The van der Waals surface area contributed by atoms with E-state index in [1.165, 1.54) is 0 Å². The fraction of sp³-hybridized carbons (Fsp3) is 0.533. The second-order valence-electron chi connectivity index (χ2n) is 5.45. The summed E-state index contributed by atoms with van der Waals surface area (Å²) in [6, 6.07) is 9.49. The van der Waals surface area contributed by atoms with Gasteiger partial charge in [-0.05, 0) is 18.9 Å². The van der Waals surface area contributed by atoms with Crippen molar-refractivity contribution in [2.45, 2.75) is 25.9 Å². The lowest BCUT2D eigenvalue weighted by Gasteiger charge is -2.30. The summed E-state index contributed by atoms with van der Waals surface area (Å²) >= 11 is 0. The Labute approximate surface area is 126 Å². The zero-order chi connectivity index (χ0) is 15.5. The lowest BCUT2D eigenvalue weighted by molar-refractivity contribution is 0.150. The minimum Gasteiger partial charge on any atom is -0.324 e. The molecule has 1 fully saturated rings. The van der Waals surface area contributed by atoms with Crippen LogP contribution in [0.3, 0.4) is 0 Å². The zero-order valence-electron chi connectivity index (χ0n) is 12.5. The third kappa shape index (κ3) is 3.97. The summed E-state index contributed by atoms with van der Waals surface area (Å²) in [7, 11) is -1.28. The molecule has 0 aliphatic carbocycles. The first kappa shape index (κ1) is 15.8. The van der Waals surface area contributed by atoms with Gasteiger partial charge in [0.05, 0.1) is 11.5 Å². The van der Waals surface area contributed by atoms with E-state index < -0.39 is 9.84 Å². The molecular formula is C15H22N2O3S. The molecular weight excluding hydrogens is 288 g/mol. The van der Waals surface area contributed by atoms with Crippen molar-refractivity contribution in [3.63, 3.8) is 0 Å². The van der Waals surface area contributed by atoms with Crippen molar-refractivity contribution in [2.24, 2.45) is 0 Å². The van der Waals surface area contributed by atoms with Crippen molar-refractivity contribution >= 4 is 15.9 Å². The largest absolute Gasteiger partial charge is 0.324 e. The van der Waals surface area contributed by atoms with Crippen LogP contribution in [0.5, 0.6) is 0 Å². The van der Waals surface area contributed by atoms with Gasteiger partial charge in [-0.1, -0.05) is 30.3 Å². The molecule has 1 aliphatic heterocycles. The summed E-state index contributed by atoms with van der Waals surface area (Å²) in [5, 5.41) is 0. The van der Waals surface area contributed by atoms with Gasteiger partial charge in [0, 0.05) is 26.2 Å². The van der Waals surface area contributed by atoms with E-state index in [1.807, 2.05) is 37.3 Å². The van der Waals surface area contributed by atoms with Crippen molar-refractivity contribution < 1.29 is 13.2 Å². The van der Waals surface area contributed by atoms with E-state index in [0.29, 0.717) is 19.5 Å². The molecule has 2 amide bonds. The van der Waals surface area contributed by atoms with Crippen LogP contribution in [0.4, 0.5) is 4.79 Å². The van der Waals surface area contributed by atoms with Gasteiger partial charge in [0.2, 0.25) is 0 Å². The Morgan fingerprint density at radius 2 is 1.95 bits per heavy atom. The highest BCUT2D eigenvalue weighted by Gasteiger charge is 2.34. The molecule has 2 rings (SSSR count). The van der Waals surface area contributed by atoms with Gasteiger partial charge >= 0.3 is 6.03 Å².